The van der Waals surface area contributed by atoms with Crippen molar-refractivity contribution in [2.24, 2.45) is 4.99 Å². The lowest BCUT2D eigenvalue weighted by atomic mass is 9.82. The largest absolute Gasteiger partial charge is 0.465 e. The average molecular weight is 214 g/mol. The minimum absolute atomic E-state index is 0.0630. The van der Waals surface area contributed by atoms with E-state index in [4.69, 9.17) is 5.11 Å². The molecule has 2 aliphatic rings. The second-order valence-electron chi connectivity index (χ2n) is 4.16. The highest BCUT2D eigenvalue weighted by Gasteiger charge is 2.45. The third kappa shape index (κ3) is 1.60. The molecule has 2 heterocycles. The summed E-state index contributed by atoms with van der Waals surface area (Å²) in [5.74, 6) is 0. The molecule has 3 atom stereocenters. The van der Waals surface area contributed by atoms with E-state index < -0.39 is 18.3 Å². The molecule has 2 fully saturated rings. The molecule has 2 aliphatic heterocycles. The standard InChI is InChI=1S/C10H15FN2O2/c1-12-7-5-6-3-2-4-8(9(7)11)13(6)10(14)15/h6,8-9H,2-5H2,1H3,(H,14,15)/b12-7-/t6-,8+,9+/m1/s1. The van der Waals surface area contributed by atoms with Crippen molar-refractivity contribution < 1.29 is 14.3 Å². The van der Waals surface area contributed by atoms with E-state index in [1.54, 1.807) is 7.05 Å². The Morgan fingerprint density at radius 2 is 2.33 bits per heavy atom. The van der Waals surface area contributed by atoms with Gasteiger partial charge in [-0.1, -0.05) is 0 Å². The van der Waals surface area contributed by atoms with Crippen molar-refractivity contribution in [3.05, 3.63) is 0 Å². The second kappa shape index (κ2) is 3.79. The lowest BCUT2D eigenvalue weighted by Gasteiger charge is -2.46. The van der Waals surface area contributed by atoms with Gasteiger partial charge in [0.05, 0.1) is 11.8 Å². The van der Waals surface area contributed by atoms with E-state index in [2.05, 4.69) is 4.99 Å². The first-order valence-electron chi connectivity index (χ1n) is 5.26. The maximum Gasteiger partial charge on any atom is 0.407 e. The average Bonchev–Trinajstić information content (AvgIpc) is 2.22. The number of nitrogens with zero attached hydrogens (tertiary/aromatic N) is 2. The number of piperidine rings is 2. The van der Waals surface area contributed by atoms with Crippen LogP contribution in [0.4, 0.5) is 9.18 Å². The zero-order valence-corrected chi connectivity index (χ0v) is 8.69. The van der Waals surface area contributed by atoms with Crippen LogP contribution in [-0.4, -0.2) is 47.1 Å². The van der Waals surface area contributed by atoms with Crippen molar-refractivity contribution in [1.29, 1.82) is 0 Å². The molecule has 15 heavy (non-hydrogen) atoms. The van der Waals surface area contributed by atoms with Crippen molar-refractivity contribution in [2.45, 2.75) is 43.9 Å². The van der Waals surface area contributed by atoms with Crippen LogP contribution in [0.25, 0.3) is 0 Å². The number of carboxylic acid groups (broad SMARTS) is 1. The maximum atomic E-state index is 13.9. The Labute approximate surface area is 87.8 Å². The van der Waals surface area contributed by atoms with Gasteiger partial charge in [-0.3, -0.25) is 9.89 Å². The van der Waals surface area contributed by atoms with Gasteiger partial charge in [-0.05, 0) is 19.3 Å². The monoisotopic (exact) mass is 214 g/mol. The third-order valence-electron chi connectivity index (χ3n) is 3.40. The van der Waals surface area contributed by atoms with Crippen molar-refractivity contribution >= 4 is 11.8 Å². The highest BCUT2D eigenvalue weighted by atomic mass is 19.1. The minimum atomic E-state index is -1.21. The molecule has 2 bridgehead atoms. The molecule has 84 valence electrons. The summed E-state index contributed by atoms with van der Waals surface area (Å²) in [5, 5.41) is 9.04. The number of hydrogen-bond acceptors (Lipinski definition) is 2. The third-order valence-corrected chi connectivity index (χ3v) is 3.40. The fourth-order valence-corrected chi connectivity index (χ4v) is 2.69. The summed E-state index contributed by atoms with van der Waals surface area (Å²) >= 11 is 0. The van der Waals surface area contributed by atoms with Gasteiger partial charge < -0.3 is 5.11 Å². The summed E-state index contributed by atoms with van der Waals surface area (Å²) in [6, 6.07) is -0.569. The number of hydrogen-bond donors (Lipinski definition) is 1. The summed E-state index contributed by atoms with van der Waals surface area (Å²) in [7, 11) is 1.58. The molecule has 0 aliphatic carbocycles. The molecule has 1 N–H and O–H groups in total. The van der Waals surface area contributed by atoms with Crippen LogP contribution in [0, 0.1) is 0 Å². The van der Waals surface area contributed by atoms with E-state index in [9.17, 15) is 9.18 Å². The van der Waals surface area contributed by atoms with Gasteiger partial charge in [0, 0.05) is 19.5 Å². The highest BCUT2D eigenvalue weighted by Crippen LogP contribution is 2.34. The zero-order chi connectivity index (χ0) is 11.0. The van der Waals surface area contributed by atoms with Gasteiger partial charge >= 0.3 is 6.09 Å². The van der Waals surface area contributed by atoms with Crippen LogP contribution in [0.3, 0.4) is 0 Å². The lowest BCUT2D eigenvalue weighted by Crippen LogP contribution is -2.60. The van der Waals surface area contributed by atoms with Crippen molar-refractivity contribution in [3.63, 3.8) is 0 Å². The van der Waals surface area contributed by atoms with Gasteiger partial charge in [0.15, 0.2) is 6.17 Å². The normalized spacial score (nSPS) is 38.1. The molecule has 0 unspecified atom stereocenters. The molecule has 0 spiro atoms. The molecule has 4 nitrogen and oxygen atoms in total. The Morgan fingerprint density at radius 1 is 1.60 bits per heavy atom. The smallest absolute Gasteiger partial charge is 0.407 e. The van der Waals surface area contributed by atoms with Crippen molar-refractivity contribution in [3.8, 4) is 0 Å². The molecule has 2 rings (SSSR count). The van der Waals surface area contributed by atoms with Gasteiger partial charge in [0.2, 0.25) is 0 Å². The molecule has 0 radical (unpaired) electrons. The van der Waals surface area contributed by atoms with Crippen molar-refractivity contribution in [2.75, 3.05) is 7.05 Å². The van der Waals surface area contributed by atoms with E-state index in [1.165, 1.54) is 4.90 Å². The SMILES string of the molecule is C/N=C1/C[C@H]2CCC[C@@H]([C@H]1F)N2C(=O)O. The van der Waals surface area contributed by atoms with E-state index in [-0.39, 0.29) is 6.04 Å². The second-order valence-corrected chi connectivity index (χ2v) is 4.16. The fourth-order valence-electron chi connectivity index (χ4n) is 2.69. The molecule has 2 saturated heterocycles. The van der Waals surface area contributed by atoms with Crippen LogP contribution < -0.4 is 0 Å². The first-order valence-corrected chi connectivity index (χ1v) is 5.26. The van der Waals surface area contributed by atoms with E-state index in [1.807, 2.05) is 0 Å². The van der Waals surface area contributed by atoms with Gasteiger partial charge in [-0.25, -0.2) is 9.18 Å². The van der Waals surface area contributed by atoms with Crippen LogP contribution in [0.2, 0.25) is 0 Å². The first-order chi connectivity index (χ1) is 7.15. The van der Waals surface area contributed by atoms with E-state index in [0.29, 0.717) is 18.6 Å². The summed E-state index contributed by atoms with van der Waals surface area (Å²) in [4.78, 5) is 16.2. The van der Waals surface area contributed by atoms with Gasteiger partial charge in [-0.2, -0.15) is 0 Å². The molecular formula is C10H15FN2O2. The van der Waals surface area contributed by atoms with Crippen LogP contribution in [0.1, 0.15) is 25.7 Å². The molecule has 0 aromatic carbocycles. The molecular weight excluding hydrogens is 199 g/mol. The van der Waals surface area contributed by atoms with Gasteiger partial charge in [-0.15, -0.1) is 0 Å². The van der Waals surface area contributed by atoms with Crippen LogP contribution >= 0.6 is 0 Å². The molecule has 1 amide bonds. The number of fused-ring (bicyclic) bond motifs is 2. The Morgan fingerprint density at radius 3 is 2.93 bits per heavy atom. The lowest BCUT2D eigenvalue weighted by molar-refractivity contribution is 0.0392. The number of amides is 1. The highest BCUT2D eigenvalue weighted by molar-refractivity contribution is 5.92. The van der Waals surface area contributed by atoms with Crippen LogP contribution in [0.15, 0.2) is 4.99 Å². The molecule has 0 aromatic rings. The topological polar surface area (TPSA) is 52.9 Å². The number of rotatable bonds is 0. The van der Waals surface area contributed by atoms with Crippen molar-refractivity contribution in [1.82, 2.24) is 4.90 Å². The Kier molecular flexibility index (Phi) is 2.63. The first kappa shape index (κ1) is 10.4. The maximum absolute atomic E-state index is 13.9. The summed E-state index contributed by atoms with van der Waals surface area (Å²) in [6.07, 6.45) is 0.610. The Balaban J connectivity index is 2.28. The molecule has 0 aromatic heterocycles. The van der Waals surface area contributed by atoms with E-state index >= 15 is 0 Å². The fraction of sp³-hybridized carbons (Fsp3) is 0.800. The number of carbonyl (C=O) groups is 1. The van der Waals surface area contributed by atoms with Crippen LogP contribution in [0.5, 0.6) is 0 Å². The zero-order valence-electron chi connectivity index (χ0n) is 8.69. The minimum Gasteiger partial charge on any atom is -0.465 e. The number of halogens is 1. The molecule has 5 heteroatoms. The predicted molar refractivity (Wildman–Crippen MR) is 54.2 cm³/mol. The number of alkyl halides is 1. The number of aliphatic imine (C=N–C) groups is 1. The van der Waals surface area contributed by atoms with Crippen LogP contribution in [-0.2, 0) is 0 Å². The summed E-state index contributed by atoms with van der Waals surface area (Å²) < 4.78 is 13.9. The van der Waals surface area contributed by atoms with E-state index in [0.717, 1.165) is 12.8 Å². The molecule has 0 saturated carbocycles. The predicted octanol–water partition coefficient (Wildman–Crippen LogP) is 1.70. The van der Waals surface area contributed by atoms with Gasteiger partial charge in [0.25, 0.3) is 0 Å². The Hall–Kier alpha value is -1.13. The summed E-state index contributed by atoms with van der Waals surface area (Å²) in [5.41, 5.74) is 0.530. The quantitative estimate of drug-likeness (QED) is 0.667. The Bertz CT molecular complexity index is 306. The summed E-state index contributed by atoms with van der Waals surface area (Å²) in [6.45, 7) is 0. The van der Waals surface area contributed by atoms with Gasteiger partial charge in [0.1, 0.15) is 0 Å².